The van der Waals surface area contributed by atoms with Crippen LogP contribution < -0.4 is 10.2 Å². The van der Waals surface area contributed by atoms with E-state index in [2.05, 4.69) is 26.2 Å². The number of aliphatic imine (C=N–C) groups is 1. The Balaban J connectivity index is 1.87. The number of aryl methyl sites for hydroxylation is 2. The predicted octanol–water partition coefficient (Wildman–Crippen LogP) is 3.19. The van der Waals surface area contributed by atoms with Crippen LogP contribution in [0.5, 0.6) is 0 Å². The molecule has 2 amide bonds. The van der Waals surface area contributed by atoms with Gasteiger partial charge in [0.2, 0.25) is 0 Å². The fourth-order valence-electron chi connectivity index (χ4n) is 3.72. The van der Waals surface area contributed by atoms with Crippen molar-refractivity contribution in [1.82, 2.24) is 5.32 Å². The van der Waals surface area contributed by atoms with E-state index in [1.54, 1.807) is 20.8 Å². The quantitative estimate of drug-likeness (QED) is 0.638. The van der Waals surface area contributed by atoms with Gasteiger partial charge in [-0.25, -0.2) is 13.2 Å². The zero-order valence-electron chi connectivity index (χ0n) is 18.1. The van der Waals surface area contributed by atoms with Crippen molar-refractivity contribution in [2.75, 3.05) is 23.0 Å². The summed E-state index contributed by atoms with van der Waals surface area (Å²) < 4.78 is 30.6. The number of ether oxygens (including phenoxy) is 1. The Morgan fingerprint density at radius 3 is 2.45 bits per heavy atom. The Bertz CT molecular complexity index is 1030. The molecule has 0 spiro atoms. The number of amides is 2. The number of sulfone groups is 1. The van der Waals surface area contributed by atoms with Crippen LogP contribution in [0.1, 0.15) is 31.9 Å². The Labute approximate surface area is 195 Å². The van der Waals surface area contributed by atoms with E-state index in [1.165, 1.54) is 11.8 Å². The standard InChI is InChI=1S/C20H26BrN3O5S2/c1-11-6-13(21)7-12(2)17(11)24-14-9-31(27,28)10-15(14)30-18(24)23-16(25)8-22-19(26)29-20(3,4)5/h6-7,14-15H,8-10H2,1-5H3,(H,22,26). The number of anilines is 1. The summed E-state index contributed by atoms with van der Waals surface area (Å²) in [5.74, 6) is -0.464. The van der Waals surface area contributed by atoms with Crippen molar-refractivity contribution in [3.8, 4) is 0 Å². The van der Waals surface area contributed by atoms with Crippen molar-refractivity contribution in [1.29, 1.82) is 0 Å². The van der Waals surface area contributed by atoms with Gasteiger partial charge in [-0.2, -0.15) is 4.99 Å². The average Bonchev–Trinajstić information content (AvgIpc) is 3.03. The van der Waals surface area contributed by atoms with Gasteiger partial charge in [0.15, 0.2) is 15.0 Å². The van der Waals surface area contributed by atoms with Crippen LogP contribution in [0, 0.1) is 13.8 Å². The number of amidine groups is 1. The topological polar surface area (TPSA) is 105 Å². The molecule has 2 atom stereocenters. The van der Waals surface area contributed by atoms with E-state index >= 15 is 0 Å². The predicted molar refractivity (Wildman–Crippen MR) is 127 cm³/mol. The van der Waals surface area contributed by atoms with Crippen LogP contribution in [0.25, 0.3) is 0 Å². The molecule has 2 heterocycles. The van der Waals surface area contributed by atoms with Gasteiger partial charge in [-0.1, -0.05) is 27.7 Å². The minimum absolute atomic E-state index is 0.0168. The van der Waals surface area contributed by atoms with Gasteiger partial charge >= 0.3 is 6.09 Å². The molecule has 2 aliphatic heterocycles. The summed E-state index contributed by atoms with van der Waals surface area (Å²) in [7, 11) is -3.16. The summed E-state index contributed by atoms with van der Waals surface area (Å²) in [6, 6.07) is 3.61. The SMILES string of the molecule is Cc1cc(Br)cc(C)c1N1C(=NC(=O)CNC(=O)OC(C)(C)C)SC2CS(=O)(=O)CC21. The average molecular weight is 532 g/mol. The van der Waals surface area contributed by atoms with Gasteiger partial charge in [-0.05, 0) is 57.9 Å². The maximum atomic E-state index is 12.5. The molecule has 2 fully saturated rings. The van der Waals surface area contributed by atoms with E-state index in [-0.39, 0.29) is 29.3 Å². The fourth-order valence-corrected chi connectivity index (χ4v) is 8.32. The van der Waals surface area contributed by atoms with Crippen LogP contribution in [0.3, 0.4) is 0 Å². The highest BCUT2D eigenvalue weighted by Gasteiger charge is 2.50. The first kappa shape index (κ1) is 24.1. The molecule has 1 N–H and O–H groups in total. The number of hydrogen-bond donors (Lipinski definition) is 1. The highest BCUT2D eigenvalue weighted by atomic mass is 79.9. The zero-order valence-corrected chi connectivity index (χ0v) is 21.3. The third-order valence-corrected chi connectivity index (χ3v) is 8.43. The molecule has 170 valence electrons. The monoisotopic (exact) mass is 531 g/mol. The minimum atomic E-state index is -3.16. The van der Waals surface area contributed by atoms with Crippen molar-refractivity contribution in [2.24, 2.45) is 4.99 Å². The number of fused-ring (bicyclic) bond motifs is 1. The van der Waals surface area contributed by atoms with Crippen LogP contribution in [0.4, 0.5) is 10.5 Å². The van der Waals surface area contributed by atoms with E-state index in [9.17, 15) is 18.0 Å². The summed E-state index contributed by atoms with van der Waals surface area (Å²) in [5, 5.41) is 2.67. The van der Waals surface area contributed by atoms with Gasteiger partial charge in [-0.3, -0.25) is 4.79 Å². The molecule has 0 aliphatic carbocycles. The lowest BCUT2D eigenvalue weighted by Gasteiger charge is -2.28. The van der Waals surface area contributed by atoms with Crippen LogP contribution in [-0.4, -0.2) is 60.5 Å². The van der Waals surface area contributed by atoms with Gasteiger partial charge in [0.1, 0.15) is 12.1 Å². The number of thioether (sulfide) groups is 1. The van der Waals surface area contributed by atoms with E-state index < -0.39 is 27.4 Å². The van der Waals surface area contributed by atoms with Crippen LogP contribution >= 0.6 is 27.7 Å². The molecule has 0 saturated carbocycles. The Morgan fingerprint density at radius 1 is 1.26 bits per heavy atom. The van der Waals surface area contributed by atoms with Gasteiger partial charge < -0.3 is 15.0 Å². The third kappa shape index (κ3) is 5.81. The first-order chi connectivity index (χ1) is 14.3. The number of nitrogens with zero attached hydrogens (tertiary/aromatic N) is 2. The lowest BCUT2D eigenvalue weighted by atomic mass is 10.1. The largest absolute Gasteiger partial charge is 0.444 e. The maximum Gasteiger partial charge on any atom is 0.408 e. The van der Waals surface area contributed by atoms with Crippen molar-refractivity contribution in [3.05, 3.63) is 27.7 Å². The number of nitrogens with one attached hydrogen (secondary N) is 1. The summed E-state index contributed by atoms with van der Waals surface area (Å²) in [6.45, 7) is 8.78. The van der Waals surface area contributed by atoms with E-state index in [1.807, 2.05) is 30.9 Å². The number of carbonyl (C=O) groups is 2. The summed E-state index contributed by atoms with van der Waals surface area (Å²) in [4.78, 5) is 30.4. The number of carbonyl (C=O) groups excluding carboxylic acids is 2. The molecule has 31 heavy (non-hydrogen) atoms. The summed E-state index contributed by atoms with van der Waals surface area (Å²) in [6.07, 6.45) is -0.695. The van der Waals surface area contributed by atoms with E-state index in [0.717, 1.165) is 21.3 Å². The molecule has 2 aliphatic rings. The Hall–Kier alpha value is -1.59. The second-order valence-electron chi connectivity index (χ2n) is 8.70. The number of benzene rings is 1. The minimum Gasteiger partial charge on any atom is -0.444 e. The fraction of sp³-hybridized carbons (Fsp3) is 0.550. The highest BCUT2D eigenvalue weighted by Crippen LogP contribution is 2.43. The zero-order chi connectivity index (χ0) is 23.1. The van der Waals surface area contributed by atoms with Gasteiger partial charge in [0.05, 0.1) is 17.5 Å². The number of alkyl carbamates (subject to hydrolysis) is 1. The van der Waals surface area contributed by atoms with Crippen molar-refractivity contribution in [3.63, 3.8) is 0 Å². The lowest BCUT2D eigenvalue weighted by Crippen LogP contribution is -2.39. The first-order valence-electron chi connectivity index (χ1n) is 9.77. The molecule has 3 rings (SSSR count). The third-order valence-electron chi connectivity index (χ3n) is 4.77. The van der Waals surface area contributed by atoms with Crippen molar-refractivity contribution >= 4 is 60.4 Å². The van der Waals surface area contributed by atoms with E-state index in [0.29, 0.717) is 5.17 Å². The molecule has 0 bridgehead atoms. The maximum absolute atomic E-state index is 12.5. The van der Waals surface area contributed by atoms with Crippen LogP contribution in [0.2, 0.25) is 0 Å². The lowest BCUT2D eigenvalue weighted by molar-refractivity contribution is -0.117. The molecule has 0 radical (unpaired) electrons. The molecule has 1 aromatic rings. The van der Waals surface area contributed by atoms with E-state index in [4.69, 9.17) is 4.74 Å². The van der Waals surface area contributed by atoms with Crippen molar-refractivity contribution < 1.29 is 22.7 Å². The second-order valence-corrected chi connectivity index (χ2v) is 13.0. The second kappa shape index (κ2) is 8.74. The Morgan fingerprint density at radius 2 is 1.87 bits per heavy atom. The Kier molecular flexibility index (Phi) is 6.79. The number of rotatable bonds is 3. The van der Waals surface area contributed by atoms with Crippen LogP contribution in [-0.2, 0) is 19.4 Å². The molecule has 1 aromatic carbocycles. The molecular formula is C20H26BrN3O5S2. The van der Waals surface area contributed by atoms with Gasteiger partial charge in [0.25, 0.3) is 5.91 Å². The molecule has 0 aromatic heterocycles. The molecular weight excluding hydrogens is 506 g/mol. The summed E-state index contributed by atoms with van der Waals surface area (Å²) >= 11 is 4.79. The van der Waals surface area contributed by atoms with Crippen LogP contribution in [0.15, 0.2) is 21.6 Å². The van der Waals surface area contributed by atoms with Gasteiger partial charge in [-0.15, -0.1) is 0 Å². The first-order valence-corrected chi connectivity index (χ1v) is 13.3. The molecule has 11 heteroatoms. The van der Waals surface area contributed by atoms with Gasteiger partial charge in [0, 0.05) is 15.4 Å². The number of hydrogen-bond acceptors (Lipinski definition) is 6. The smallest absolute Gasteiger partial charge is 0.408 e. The van der Waals surface area contributed by atoms with Crippen molar-refractivity contribution in [2.45, 2.75) is 51.5 Å². The molecule has 8 nitrogen and oxygen atoms in total. The molecule has 2 unspecified atom stereocenters. The highest BCUT2D eigenvalue weighted by molar-refractivity contribution is 9.10. The molecule has 2 saturated heterocycles. The normalized spacial score (nSPS) is 23.7. The summed E-state index contributed by atoms with van der Waals surface area (Å²) in [5.41, 5.74) is 2.08. The number of halogens is 1.